The van der Waals surface area contributed by atoms with E-state index in [4.69, 9.17) is 20.9 Å². The van der Waals surface area contributed by atoms with Gasteiger partial charge in [0.05, 0.1) is 16.4 Å². The SMILES string of the molecule is CC(=O)c1ccc(-c2cc(Cl)c3c(c2)CC(CNC(=O)/C=C/c2cc(C)n(-c4cc(C)on4)c2C)O3)s1. The molecule has 0 bridgehead atoms. The number of hydrogen-bond acceptors (Lipinski definition) is 6. The second kappa shape index (κ2) is 10.0. The van der Waals surface area contributed by atoms with Crippen molar-refractivity contribution < 1.29 is 18.8 Å². The number of halogens is 1. The van der Waals surface area contributed by atoms with Crippen LogP contribution in [0.25, 0.3) is 22.3 Å². The average Bonchev–Trinajstić information content (AvgIpc) is 3.63. The smallest absolute Gasteiger partial charge is 0.244 e. The van der Waals surface area contributed by atoms with Gasteiger partial charge in [-0.15, -0.1) is 11.3 Å². The van der Waals surface area contributed by atoms with E-state index in [2.05, 4.69) is 10.5 Å². The minimum Gasteiger partial charge on any atom is -0.486 e. The van der Waals surface area contributed by atoms with Crippen LogP contribution in [-0.4, -0.2) is 34.1 Å². The van der Waals surface area contributed by atoms with Crippen molar-refractivity contribution in [1.29, 1.82) is 0 Å². The fourth-order valence-electron chi connectivity index (χ4n) is 4.53. The Labute approximate surface area is 223 Å². The van der Waals surface area contributed by atoms with Crippen LogP contribution in [0.3, 0.4) is 0 Å². The molecule has 0 aliphatic carbocycles. The molecule has 4 heterocycles. The fourth-order valence-corrected chi connectivity index (χ4v) is 5.70. The molecule has 9 heteroatoms. The zero-order valence-electron chi connectivity index (χ0n) is 20.9. The Morgan fingerprint density at radius 2 is 2.03 bits per heavy atom. The number of benzene rings is 1. The Balaban J connectivity index is 1.21. The molecule has 1 aromatic carbocycles. The summed E-state index contributed by atoms with van der Waals surface area (Å²) in [6, 6.07) is 11.6. The summed E-state index contributed by atoms with van der Waals surface area (Å²) < 4.78 is 13.2. The van der Waals surface area contributed by atoms with Gasteiger partial charge in [-0.3, -0.25) is 14.2 Å². The van der Waals surface area contributed by atoms with E-state index in [1.54, 1.807) is 13.0 Å². The van der Waals surface area contributed by atoms with Gasteiger partial charge in [0, 0.05) is 40.4 Å². The zero-order chi connectivity index (χ0) is 26.3. The van der Waals surface area contributed by atoms with Crippen molar-refractivity contribution >= 4 is 40.7 Å². The van der Waals surface area contributed by atoms with Gasteiger partial charge in [-0.05, 0) is 75.2 Å². The summed E-state index contributed by atoms with van der Waals surface area (Å²) in [4.78, 5) is 25.9. The highest BCUT2D eigenvalue weighted by atomic mass is 35.5. The summed E-state index contributed by atoms with van der Waals surface area (Å²) in [6.45, 7) is 7.73. The van der Waals surface area contributed by atoms with Crippen LogP contribution in [0.2, 0.25) is 5.02 Å². The molecule has 1 atom stereocenters. The number of fused-ring (bicyclic) bond motifs is 1. The molecule has 37 heavy (non-hydrogen) atoms. The molecule has 7 nitrogen and oxygen atoms in total. The van der Waals surface area contributed by atoms with Crippen molar-refractivity contribution in [2.45, 2.75) is 40.2 Å². The van der Waals surface area contributed by atoms with Crippen molar-refractivity contribution in [1.82, 2.24) is 15.0 Å². The van der Waals surface area contributed by atoms with E-state index < -0.39 is 0 Å². The number of Topliss-reactive ketones (excluding diaryl/α,β-unsaturated/α-hetero) is 1. The second-order valence-electron chi connectivity index (χ2n) is 9.15. The number of hydrogen-bond donors (Lipinski definition) is 1. The van der Waals surface area contributed by atoms with Crippen LogP contribution in [0.4, 0.5) is 0 Å². The number of ketones is 1. The minimum absolute atomic E-state index is 0.0459. The van der Waals surface area contributed by atoms with Crippen LogP contribution in [0.15, 0.2) is 47.0 Å². The monoisotopic (exact) mass is 535 g/mol. The summed E-state index contributed by atoms with van der Waals surface area (Å²) >= 11 is 7.96. The van der Waals surface area contributed by atoms with Gasteiger partial charge in [0.2, 0.25) is 5.91 Å². The Morgan fingerprint density at radius 1 is 1.22 bits per heavy atom. The second-order valence-corrected chi connectivity index (χ2v) is 10.6. The molecule has 0 radical (unpaired) electrons. The molecular formula is C28H26ClN3O4S. The van der Waals surface area contributed by atoms with Gasteiger partial charge in [0.1, 0.15) is 17.6 Å². The average molecular weight is 536 g/mol. The third kappa shape index (κ3) is 5.12. The number of nitrogens with zero attached hydrogens (tertiary/aromatic N) is 2. The lowest BCUT2D eigenvalue weighted by molar-refractivity contribution is -0.116. The maximum atomic E-state index is 12.5. The number of aromatic nitrogens is 2. The van der Waals surface area contributed by atoms with E-state index in [0.717, 1.165) is 44.5 Å². The van der Waals surface area contributed by atoms with E-state index in [0.29, 0.717) is 28.6 Å². The first kappa shape index (κ1) is 25.0. The molecule has 0 spiro atoms. The van der Waals surface area contributed by atoms with Gasteiger partial charge >= 0.3 is 0 Å². The summed E-state index contributed by atoms with van der Waals surface area (Å²) in [5.74, 6) is 1.95. The zero-order valence-corrected chi connectivity index (χ0v) is 22.5. The Hall–Kier alpha value is -3.62. The van der Waals surface area contributed by atoms with Gasteiger partial charge in [0.25, 0.3) is 0 Å². The molecular weight excluding hydrogens is 510 g/mol. The van der Waals surface area contributed by atoms with Crippen LogP contribution in [0.1, 0.15) is 44.9 Å². The molecule has 3 aromatic heterocycles. The molecule has 5 rings (SSSR count). The molecule has 1 amide bonds. The maximum Gasteiger partial charge on any atom is 0.244 e. The lowest BCUT2D eigenvalue weighted by atomic mass is 10.1. The lowest BCUT2D eigenvalue weighted by Crippen LogP contribution is -2.33. The van der Waals surface area contributed by atoms with Crippen molar-refractivity contribution in [3.63, 3.8) is 0 Å². The van der Waals surface area contributed by atoms with Gasteiger partial charge in [-0.25, -0.2) is 0 Å². The molecule has 0 saturated carbocycles. The largest absolute Gasteiger partial charge is 0.486 e. The van der Waals surface area contributed by atoms with Crippen LogP contribution >= 0.6 is 22.9 Å². The number of thiophene rings is 1. The quantitative estimate of drug-likeness (QED) is 0.228. The third-order valence-corrected chi connectivity index (χ3v) is 7.84. The van der Waals surface area contributed by atoms with E-state index >= 15 is 0 Å². The number of nitrogens with one attached hydrogen (secondary N) is 1. The van der Waals surface area contributed by atoms with Gasteiger partial charge in [-0.2, -0.15) is 0 Å². The first-order valence-corrected chi connectivity index (χ1v) is 13.1. The van der Waals surface area contributed by atoms with E-state index in [1.165, 1.54) is 17.4 Å². The highest BCUT2D eigenvalue weighted by Gasteiger charge is 2.26. The first-order chi connectivity index (χ1) is 17.7. The minimum atomic E-state index is -0.211. The molecule has 1 aliphatic rings. The first-order valence-electron chi connectivity index (χ1n) is 11.9. The molecule has 4 aromatic rings. The van der Waals surface area contributed by atoms with Crippen molar-refractivity contribution in [3.8, 4) is 22.0 Å². The van der Waals surface area contributed by atoms with Crippen LogP contribution in [-0.2, 0) is 11.2 Å². The molecule has 1 N–H and O–H groups in total. The van der Waals surface area contributed by atoms with Crippen LogP contribution in [0, 0.1) is 20.8 Å². The van der Waals surface area contributed by atoms with Gasteiger partial charge in [-0.1, -0.05) is 16.8 Å². The number of rotatable bonds is 7. The van der Waals surface area contributed by atoms with Crippen molar-refractivity contribution in [2.24, 2.45) is 0 Å². The molecule has 1 aliphatic heterocycles. The summed E-state index contributed by atoms with van der Waals surface area (Å²) in [7, 11) is 0. The number of aryl methyl sites for hydroxylation is 2. The van der Waals surface area contributed by atoms with E-state index in [-0.39, 0.29) is 17.8 Å². The Morgan fingerprint density at radius 3 is 2.73 bits per heavy atom. The summed E-state index contributed by atoms with van der Waals surface area (Å²) in [6.07, 6.45) is 3.74. The number of amides is 1. The third-order valence-electron chi connectivity index (χ3n) is 6.32. The van der Waals surface area contributed by atoms with E-state index in [9.17, 15) is 9.59 Å². The Bertz CT molecular complexity index is 1540. The summed E-state index contributed by atoms with van der Waals surface area (Å²) in [5, 5.41) is 7.54. The lowest BCUT2D eigenvalue weighted by Gasteiger charge is -2.11. The highest BCUT2D eigenvalue weighted by molar-refractivity contribution is 7.17. The molecule has 0 fully saturated rings. The number of carbonyl (C=O) groups excluding carboxylic acids is 2. The van der Waals surface area contributed by atoms with Gasteiger partial charge < -0.3 is 14.6 Å². The fraction of sp³-hybridized carbons (Fsp3) is 0.250. The predicted molar refractivity (Wildman–Crippen MR) is 145 cm³/mol. The molecule has 1 unspecified atom stereocenters. The van der Waals surface area contributed by atoms with Crippen LogP contribution in [0.5, 0.6) is 5.75 Å². The molecule has 0 saturated heterocycles. The number of carbonyl (C=O) groups is 2. The maximum absolute atomic E-state index is 12.5. The molecule has 190 valence electrons. The summed E-state index contributed by atoms with van der Waals surface area (Å²) in [5.41, 5.74) is 4.84. The van der Waals surface area contributed by atoms with E-state index in [1.807, 2.05) is 61.7 Å². The standard InChI is InChI=1S/C28H26ClN3O4S/c1-15-9-19(17(3)32(15)26-10-16(2)36-31-26)5-8-27(34)30-14-22-12-21-11-20(13-23(29)28(21)35-22)25-7-6-24(37-25)18(4)33/h5-11,13,22H,12,14H2,1-4H3,(H,30,34)/b8-5+. The number of ether oxygens (including phenoxy) is 1. The van der Waals surface area contributed by atoms with Crippen molar-refractivity contribution in [2.75, 3.05) is 6.54 Å². The normalized spacial score (nSPS) is 14.7. The highest BCUT2D eigenvalue weighted by Crippen LogP contribution is 2.41. The van der Waals surface area contributed by atoms with Gasteiger partial charge in [0.15, 0.2) is 11.6 Å². The van der Waals surface area contributed by atoms with Crippen molar-refractivity contribution in [3.05, 3.63) is 80.6 Å². The topological polar surface area (TPSA) is 86.4 Å². The Kier molecular flexibility index (Phi) is 6.79. The van der Waals surface area contributed by atoms with Crippen LogP contribution < -0.4 is 10.1 Å². The predicted octanol–water partition coefficient (Wildman–Crippen LogP) is 6.11.